The molecule has 0 heterocycles. The summed E-state index contributed by atoms with van der Waals surface area (Å²) in [5, 5.41) is 21.3. The molecule has 0 radical (unpaired) electrons. The monoisotopic (exact) mass is 240 g/mol. The molecule has 2 aliphatic carbocycles. The molecule has 2 N–H and O–H groups in total. The van der Waals surface area contributed by atoms with Crippen molar-refractivity contribution < 1.29 is 10.2 Å². The van der Waals surface area contributed by atoms with Gasteiger partial charge in [0.05, 0.1) is 11.7 Å². The highest BCUT2D eigenvalue weighted by atomic mass is 16.3. The molecule has 100 valence electrons. The highest BCUT2D eigenvalue weighted by Crippen LogP contribution is 2.41. The van der Waals surface area contributed by atoms with Gasteiger partial charge in [-0.3, -0.25) is 0 Å². The Bertz CT molecular complexity index is 233. The fourth-order valence-corrected chi connectivity index (χ4v) is 4.02. The van der Waals surface area contributed by atoms with E-state index in [1.807, 2.05) is 0 Å². The largest absolute Gasteiger partial charge is 0.390 e. The molecule has 2 heteroatoms. The molecule has 0 bridgehead atoms. The van der Waals surface area contributed by atoms with E-state index in [-0.39, 0.29) is 0 Å². The molecule has 17 heavy (non-hydrogen) atoms. The Labute approximate surface area is 105 Å². The number of rotatable bonds is 3. The molecule has 3 atom stereocenters. The summed E-state index contributed by atoms with van der Waals surface area (Å²) in [7, 11) is 0. The van der Waals surface area contributed by atoms with Crippen LogP contribution in [0, 0.1) is 11.8 Å². The topological polar surface area (TPSA) is 40.5 Å². The van der Waals surface area contributed by atoms with Crippen molar-refractivity contribution in [1.82, 2.24) is 0 Å². The van der Waals surface area contributed by atoms with Crippen LogP contribution in [0.5, 0.6) is 0 Å². The summed E-state index contributed by atoms with van der Waals surface area (Å²) in [5.74, 6) is 0.974. The maximum atomic E-state index is 10.7. The van der Waals surface area contributed by atoms with Gasteiger partial charge in [-0.2, -0.15) is 0 Å². The third kappa shape index (κ3) is 2.85. The van der Waals surface area contributed by atoms with Crippen LogP contribution >= 0.6 is 0 Å². The van der Waals surface area contributed by atoms with E-state index in [9.17, 15) is 10.2 Å². The lowest BCUT2D eigenvalue weighted by molar-refractivity contribution is -0.134. The van der Waals surface area contributed by atoms with Gasteiger partial charge in [0.2, 0.25) is 0 Å². The van der Waals surface area contributed by atoms with Crippen LogP contribution < -0.4 is 0 Å². The minimum atomic E-state index is -0.770. The normalized spacial score (nSPS) is 35.5. The molecule has 3 unspecified atom stereocenters. The molecule has 2 fully saturated rings. The van der Waals surface area contributed by atoms with Crippen LogP contribution in [-0.4, -0.2) is 21.9 Å². The fourth-order valence-electron chi connectivity index (χ4n) is 4.02. The molecular weight excluding hydrogens is 212 g/mol. The van der Waals surface area contributed by atoms with Crippen LogP contribution in [0.4, 0.5) is 0 Å². The molecule has 2 rings (SSSR count). The van der Waals surface area contributed by atoms with E-state index in [2.05, 4.69) is 6.92 Å². The number of aliphatic hydroxyl groups is 2. The average molecular weight is 240 g/mol. The van der Waals surface area contributed by atoms with Crippen molar-refractivity contribution >= 4 is 0 Å². The highest BCUT2D eigenvalue weighted by Gasteiger charge is 2.43. The molecular formula is C15H28O2. The second-order valence-corrected chi connectivity index (χ2v) is 6.23. The Kier molecular flexibility index (Phi) is 4.48. The first-order valence-electron chi connectivity index (χ1n) is 7.58. The second-order valence-electron chi connectivity index (χ2n) is 6.23. The van der Waals surface area contributed by atoms with Gasteiger partial charge in [0.25, 0.3) is 0 Å². The van der Waals surface area contributed by atoms with E-state index < -0.39 is 11.7 Å². The molecule has 0 aromatic heterocycles. The highest BCUT2D eigenvalue weighted by molar-refractivity contribution is 4.95. The Morgan fingerprint density at radius 1 is 1.06 bits per heavy atom. The zero-order chi connectivity index (χ0) is 12.3. The zero-order valence-corrected chi connectivity index (χ0v) is 11.2. The van der Waals surface area contributed by atoms with Gasteiger partial charge in [0.15, 0.2) is 0 Å². The quantitative estimate of drug-likeness (QED) is 0.795. The van der Waals surface area contributed by atoms with Gasteiger partial charge < -0.3 is 10.2 Å². The van der Waals surface area contributed by atoms with E-state index >= 15 is 0 Å². The van der Waals surface area contributed by atoms with E-state index in [4.69, 9.17) is 0 Å². The van der Waals surface area contributed by atoms with Crippen LogP contribution in [0.3, 0.4) is 0 Å². The summed E-state index contributed by atoms with van der Waals surface area (Å²) in [6, 6.07) is 0. The zero-order valence-electron chi connectivity index (χ0n) is 11.2. The van der Waals surface area contributed by atoms with Crippen molar-refractivity contribution in [1.29, 1.82) is 0 Å². The molecule has 2 aliphatic rings. The van der Waals surface area contributed by atoms with Gasteiger partial charge in [0.1, 0.15) is 0 Å². The minimum absolute atomic E-state index is 0.344. The predicted molar refractivity (Wildman–Crippen MR) is 69.8 cm³/mol. The minimum Gasteiger partial charge on any atom is -0.390 e. The van der Waals surface area contributed by atoms with Crippen molar-refractivity contribution in [3.8, 4) is 0 Å². The first-order valence-corrected chi connectivity index (χ1v) is 7.58. The third-order valence-corrected chi connectivity index (χ3v) is 5.17. The summed E-state index contributed by atoms with van der Waals surface area (Å²) in [4.78, 5) is 0. The van der Waals surface area contributed by atoms with Gasteiger partial charge in [-0.1, -0.05) is 51.9 Å². The number of hydrogen-bond donors (Lipinski definition) is 2. The Hall–Kier alpha value is -0.0800. The Morgan fingerprint density at radius 3 is 2.35 bits per heavy atom. The van der Waals surface area contributed by atoms with Crippen LogP contribution in [0.25, 0.3) is 0 Å². The van der Waals surface area contributed by atoms with Gasteiger partial charge in [-0.05, 0) is 31.1 Å². The van der Waals surface area contributed by atoms with Gasteiger partial charge in [-0.25, -0.2) is 0 Å². The lowest BCUT2D eigenvalue weighted by atomic mass is 9.67. The molecule has 0 aromatic carbocycles. The first-order chi connectivity index (χ1) is 8.17. The maximum Gasteiger partial charge on any atom is 0.0908 e. The Morgan fingerprint density at radius 2 is 1.71 bits per heavy atom. The van der Waals surface area contributed by atoms with Crippen molar-refractivity contribution in [3.05, 3.63) is 0 Å². The number of hydrogen-bond acceptors (Lipinski definition) is 2. The summed E-state index contributed by atoms with van der Waals surface area (Å²) in [5.41, 5.74) is -0.770. The molecule has 0 aromatic rings. The van der Waals surface area contributed by atoms with Gasteiger partial charge in [0, 0.05) is 0 Å². The average Bonchev–Trinajstić information content (AvgIpc) is 2.38. The van der Waals surface area contributed by atoms with E-state index in [0.717, 1.165) is 38.5 Å². The molecule has 0 aliphatic heterocycles. The molecule has 0 amide bonds. The first kappa shape index (κ1) is 13.4. The lowest BCUT2D eigenvalue weighted by Gasteiger charge is -2.44. The lowest BCUT2D eigenvalue weighted by Crippen LogP contribution is -2.50. The van der Waals surface area contributed by atoms with E-state index in [1.165, 1.54) is 25.7 Å². The second kappa shape index (κ2) is 5.71. The van der Waals surface area contributed by atoms with Crippen LogP contribution in [0.2, 0.25) is 0 Å². The van der Waals surface area contributed by atoms with Crippen molar-refractivity contribution in [3.63, 3.8) is 0 Å². The smallest absolute Gasteiger partial charge is 0.0908 e. The summed E-state index contributed by atoms with van der Waals surface area (Å²) in [6.07, 6.45) is 10.6. The van der Waals surface area contributed by atoms with E-state index in [1.54, 1.807) is 0 Å². The third-order valence-electron chi connectivity index (χ3n) is 5.17. The summed E-state index contributed by atoms with van der Waals surface area (Å²) >= 11 is 0. The van der Waals surface area contributed by atoms with Crippen LogP contribution in [-0.2, 0) is 0 Å². The summed E-state index contributed by atoms with van der Waals surface area (Å²) in [6.45, 7) is 2.22. The van der Waals surface area contributed by atoms with Crippen molar-refractivity contribution in [2.24, 2.45) is 11.8 Å². The molecule has 0 spiro atoms. The summed E-state index contributed by atoms with van der Waals surface area (Å²) < 4.78 is 0. The number of aliphatic hydroxyl groups excluding tert-OH is 1. The molecule has 2 nitrogen and oxygen atoms in total. The van der Waals surface area contributed by atoms with E-state index in [0.29, 0.717) is 11.8 Å². The SMILES string of the molecule is CCC1CCCCC1C(O)C1(O)CCCCC1. The standard InChI is InChI=1S/C15H28O2/c1-2-12-8-4-5-9-13(12)14(16)15(17)10-6-3-7-11-15/h12-14,16-17H,2-11H2,1H3. The van der Waals surface area contributed by atoms with Crippen molar-refractivity contribution in [2.75, 3.05) is 0 Å². The molecule has 0 saturated heterocycles. The van der Waals surface area contributed by atoms with Crippen LogP contribution in [0.15, 0.2) is 0 Å². The maximum absolute atomic E-state index is 10.7. The fraction of sp³-hybridized carbons (Fsp3) is 1.00. The van der Waals surface area contributed by atoms with Gasteiger partial charge in [-0.15, -0.1) is 0 Å². The van der Waals surface area contributed by atoms with Crippen molar-refractivity contribution in [2.45, 2.75) is 82.8 Å². The van der Waals surface area contributed by atoms with Gasteiger partial charge >= 0.3 is 0 Å². The Balaban J connectivity index is 2.03. The molecule has 2 saturated carbocycles. The predicted octanol–water partition coefficient (Wildman–Crippen LogP) is 3.26. The van der Waals surface area contributed by atoms with Crippen LogP contribution in [0.1, 0.15) is 71.1 Å².